The summed E-state index contributed by atoms with van der Waals surface area (Å²) in [5, 5.41) is 12.9. The molecule has 1 aromatic heterocycles. The highest BCUT2D eigenvalue weighted by molar-refractivity contribution is 6.32. The lowest BCUT2D eigenvalue weighted by molar-refractivity contribution is -0.137. The molecule has 10 heteroatoms. The molecule has 5 rings (SSSR count). The van der Waals surface area contributed by atoms with Gasteiger partial charge in [0.05, 0.1) is 5.69 Å². The highest BCUT2D eigenvalue weighted by atomic mass is 35.5. The largest absolute Gasteiger partial charge is 0.326 e. The third-order valence-electron chi connectivity index (χ3n) is 5.12. The van der Waals surface area contributed by atoms with Gasteiger partial charge in [-0.1, -0.05) is 17.7 Å². The number of benzene rings is 2. The minimum absolute atomic E-state index is 0.00120. The van der Waals surface area contributed by atoms with Gasteiger partial charge < -0.3 is 5.32 Å². The van der Waals surface area contributed by atoms with E-state index in [1.807, 2.05) is 0 Å². The molecule has 1 atom stereocenters. The number of nitrogens with one attached hydrogen (secondary N) is 2. The van der Waals surface area contributed by atoms with Crippen LogP contribution in [0.3, 0.4) is 0 Å². The zero-order valence-corrected chi connectivity index (χ0v) is 15.2. The topological polar surface area (TPSA) is 117 Å². The monoisotopic (exact) mass is 397 g/mol. The number of fused-ring (bicyclic) bond motifs is 3. The van der Waals surface area contributed by atoms with Crippen LogP contribution in [0, 0.1) is 6.92 Å². The first-order valence-corrected chi connectivity index (χ1v) is 8.75. The number of aromatic nitrogens is 2. The number of rotatable bonds is 2. The zero-order chi connectivity index (χ0) is 19.6. The molecular formula is C18H12ClN5O4. The normalized spacial score (nSPS) is 20.8. The lowest BCUT2D eigenvalue weighted by Gasteiger charge is -2.30. The van der Waals surface area contributed by atoms with Gasteiger partial charge in [0.25, 0.3) is 11.8 Å². The van der Waals surface area contributed by atoms with Gasteiger partial charge in [-0.3, -0.25) is 19.8 Å². The summed E-state index contributed by atoms with van der Waals surface area (Å²) < 4.78 is 4.69. The fourth-order valence-corrected chi connectivity index (χ4v) is 4.12. The Hall–Kier alpha value is -3.46. The highest BCUT2D eigenvalue weighted by Gasteiger charge is 2.63. The van der Waals surface area contributed by atoms with Gasteiger partial charge in [-0.2, -0.15) is 0 Å². The van der Waals surface area contributed by atoms with E-state index in [4.69, 9.17) is 11.6 Å². The second-order valence-electron chi connectivity index (χ2n) is 6.74. The molecule has 4 amide bonds. The van der Waals surface area contributed by atoms with Crippen LogP contribution in [-0.2, 0) is 21.7 Å². The van der Waals surface area contributed by atoms with Crippen molar-refractivity contribution in [1.29, 1.82) is 0 Å². The summed E-state index contributed by atoms with van der Waals surface area (Å²) in [6.45, 7) is 1.77. The number of hydrogen-bond donors (Lipinski definition) is 2. The maximum absolute atomic E-state index is 13.0. The molecule has 0 aliphatic carbocycles. The third-order valence-corrected chi connectivity index (χ3v) is 5.33. The summed E-state index contributed by atoms with van der Waals surface area (Å²) in [4.78, 5) is 39.7. The Balaban J connectivity index is 1.66. The number of amides is 4. The summed E-state index contributed by atoms with van der Waals surface area (Å²) in [6.07, 6.45) is 0. The standard InChI is InChI=1S/C18H12ClN5O4/c1-8-4-10(19)6-11-14(8)20-15(25)18(11)16(26)21-17(27)24(18)7-9-2-3-12-13(5-9)23-28-22-12/h2-6H,7H2,1H3,(H,20,25)(H,21,26,27)/t18-/m1/s1. The maximum atomic E-state index is 13.0. The van der Waals surface area contributed by atoms with Crippen molar-refractivity contribution in [3.05, 3.63) is 52.0 Å². The van der Waals surface area contributed by atoms with Crippen molar-refractivity contribution in [3.63, 3.8) is 0 Å². The molecule has 2 N–H and O–H groups in total. The fraction of sp³-hybridized carbons (Fsp3) is 0.167. The second kappa shape index (κ2) is 5.52. The summed E-state index contributed by atoms with van der Waals surface area (Å²) in [7, 11) is 0. The minimum atomic E-state index is -1.82. The summed E-state index contributed by atoms with van der Waals surface area (Å²) in [6, 6.07) is 7.67. The van der Waals surface area contributed by atoms with Gasteiger partial charge in [0, 0.05) is 17.1 Å². The number of hydrogen-bond acceptors (Lipinski definition) is 6. The van der Waals surface area contributed by atoms with Gasteiger partial charge >= 0.3 is 6.03 Å². The average molecular weight is 398 g/mol. The first-order chi connectivity index (χ1) is 13.4. The quantitative estimate of drug-likeness (QED) is 0.505. The number of carbonyl (C=O) groups is 3. The maximum Gasteiger partial charge on any atom is 0.326 e. The van der Waals surface area contributed by atoms with E-state index in [1.54, 1.807) is 31.2 Å². The van der Waals surface area contributed by atoms with E-state index in [-0.39, 0.29) is 6.54 Å². The van der Waals surface area contributed by atoms with Crippen molar-refractivity contribution < 1.29 is 19.0 Å². The van der Waals surface area contributed by atoms with Crippen LogP contribution in [0.1, 0.15) is 16.7 Å². The van der Waals surface area contributed by atoms with E-state index in [1.165, 1.54) is 11.0 Å². The smallest absolute Gasteiger partial charge is 0.323 e. The lowest BCUT2D eigenvalue weighted by Crippen LogP contribution is -2.51. The summed E-state index contributed by atoms with van der Waals surface area (Å²) in [5.41, 5.74) is 1.45. The zero-order valence-electron chi connectivity index (χ0n) is 14.4. The van der Waals surface area contributed by atoms with Crippen LogP contribution in [-0.4, -0.2) is 33.1 Å². The van der Waals surface area contributed by atoms with Gasteiger partial charge in [-0.05, 0) is 52.6 Å². The van der Waals surface area contributed by atoms with Crippen LogP contribution < -0.4 is 10.6 Å². The first-order valence-electron chi connectivity index (χ1n) is 8.37. The van der Waals surface area contributed by atoms with E-state index in [2.05, 4.69) is 25.6 Å². The Bertz CT molecular complexity index is 1210. The van der Waals surface area contributed by atoms with Gasteiger partial charge in [0.2, 0.25) is 5.54 Å². The first kappa shape index (κ1) is 16.7. The van der Waals surface area contributed by atoms with E-state index in [9.17, 15) is 14.4 Å². The van der Waals surface area contributed by atoms with Gasteiger partial charge in [0.15, 0.2) is 0 Å². The number of anilines is 1. The van der Waals surface area contributed by atoms with Crippen LogP contribution in [0.5, 0.6) is 0 Å². The highest BCUT2D eigenvalue weighted by Crippen LogP contribution is 2.46. The molecule has 9 nitrogen and oxygen atoms in total. The fourth-order valence-electron chi connectivity index (χ4n) is 3.84. The van der Waals surface area contributed by atoms with Crippen LogP contribution in [0.25, 0.3) is 11.0 Å². The molecule has 2 aromatic carbocycles. The number of halogens is 1. The predicted octanol–water partition coefficient (Wildman–Crippen LogP) is 2.08. The molecule has 3 aromatic rings. The molecule has 140 valence electrons. The SMILES string of the molecule is Cc1cc(Cl)cc2c1NC(=O)[C@@]21C(=O)NC(=O)N1Cc1ccc2nonc2c1. The Morgan fingerprint density at radius 2 is 1.82 bits per heavy atom. The molecule has 3 heterocycles. The lowest BCUT2D eigenvalue weighted by atomic mass is 9.88. The van der Waals surface area contributed by atoms with Crippen molar-refractivity contribution in [3.8, 4) is 0 Å². The molecular weight excluding hydrogens is 386 g/mol. The summed E-state index contributed by atoms with van der Waals surface area (Å²) >= 11 is 6.18. The molecule has 0 radical (unpaired) electrons. The van der Waals surface area contributed by atoms with E-state index in [0.717, 1.165) is 0 Å². The summed E-state index contributed by atoms with van der Waals surface area (Å²) in [5.74, 6) is -1.31. The Morgan fingerprint density at radius 3 is 2.64 bits per heavy atom. The van der Waals surface area contributed by atoms with Gasteiger partial charge in [-0.15, -0.1) is 0 Å². The van der Waals surface area contributed by atoms with Crippen LogP contribution in [0.4, 0.5) is 10.5 Å². The van der Waals surface area contributed by atoms with Crippen molar-refractivity contribution >= 4 is 46.2 Å². The Labute approximate surface area is 162 Å². The molecule has 2 aliphatic heterocycles. The number of carbonyl (C=O) groups excluding carboxylic acids is 3. The number of urea groups is 1. The molecule has 0 unspecified atom stereocenters. The molecule has 2 aliphatic rings. The third kappa shape index (κ3) is 2.04. The molecule has 28 heavy (non-hydrogen) atoms. The van der Waals surface area contributed by atoms with Gasteiger partial charge in [-0.25, -0.2) is 9.42 Å². The second-order valence-corrected chi connectivity index (χ2v) is 7.18. The van der Waals surface area contributed by atoms with E-state index >= 15 is 0 Å². The average Bonchev–Trinajstić information content (AvgIpc) is 3.28. The molecule has 1 fully saturated rings. The Kier molecular flexibility index (Phi) is 3.29. The molecule has 1 spiro atoms. The molecule has 0 bridgehead atoms. The number of imide groups is 1. The van der Waals surface area contributed by atoms with Crippen LogP contribution >= 0.6 is 11.6 Å². The van der Waals surface area contributed by atoms with Crippen molar-refractivity contribution in [1.82, 2.24) is 20.5 Å². The predicted molar refractivity (Wildman–Crippen MR) is 97.4 cm³/mol. The van der Waals surface area contributed by atoms with Crippen LogP contribution in [0.2, 0.25) is 5.02 Å². The van der Waals surface area contributed by atoms with E-state index < -0.39 is 23.4 Å². The van der Waals surface area contributed by atoms with Gasteiger partial charge in [0.1, 0.15) is 11.0 Å². The van der Waals surface area contributed by atoms with Crippen molar-refractivity contribution in [2.45, 2.75) is 19.0 Å². The number of aryl methyl sites for hydroxylation is 1. The Morgan fingerprint density at radius 1 is 1.07 bits per heavy atom. The van der Waals surface area contributed by atoms with Crippen molar-refractivity contribution in [2.75, 3.05) is 5.32 Å². The van der Waals surface area contributed by atoms with E-state index in [0.29, 0.717) is 38.4 Å². The number of nitrogens with zero attached hydrogens (tertiary/aromatic N) is 3. The molecule has 0 saturated carbocycles. The molecule has 1 saturated heterocycles. The minimum Gasteiger partial charge on any atom is -0.323 e. The van der Waals surface area contributed by atoms with Crippen molar-refractivity contribution in [2.24, 2.45) is 0 Å². The van der Waals surface area contributed by atoms with Crippen LogP contribution in [0.15, 0.2) is 35.0 Å².